The van der Waals surface area contributed by atoms with Crippen molar-refractivity contribution >= 4 is 50.4 Å². The number of H-pyrrole nitrogens is 1. The topological polar surface area (TPSA) is 69.6 Å². The van der Waals surface area contributed by atoms with Gasteiger partial charge < -0.3 is 10.3 Å². The van der Waals surface area contributed by atoms with Crippen LogP contribution in [0.25, 0.3) is 10.9 Å². The quantitative estimate of drug-likeness (QED) is 0.526. The molecule has 0 radical (unpaired) electrons. The Morgan fingerprint density at radius 3 is 2.91 bits per heavy atom. The van der Waals surface area contributed by atoms with E-state index < -0.39 is 0 Å². The molecule has 2 heterocycles. The summed E-state index contributed by atoms with van der Waals surface area (Å²) in [5.74, 6) is -0.231. The first-order chi connectivity index (χ1) is 11.2. The van der Waals surface area contributed by atoms with E-state index in [1.165, 1.54) is 0 Å². The van der Waals surface area contributed by atoms with Gasteiger partial charge >= 0.3 is 0 Å². The molecule has 0 fully saturated rings. The maximum Gasteiger partial charge on any atom is 0.276 e. The Morgan fingerprint density at radius 1 is 1.13 bits per heavy atom. The van der Waals surface area contributed by atoms with Gasteiger partial charge in [0.1, 0.15) is 0 Å². The zero-order valence-corrected chi connectivity index (χ0v) is 13.5. The van der Waals surface area contributed by atoms with E-state index in [0.717, 1.165) is 32.2 Å². The molecule has 0 unspecified atom stereocenters. The molecule has 1 aliphatic heterocycles. The summed E-state index contributed by atoms with van der Waals surface area (Å²) in [5, 5.41) is 12.0. The largest absolute Gasteiger partial charge is 0.361 e. The van der Waals surface area contributed by atoms with Crippen molar-refractivity contribution < 1.29 is 4.79 Å². The lowest BCUT2D eigenvalue weighted by Crippen LogP contribution is -2.13. The monoisotopic (exact) mass is 366 g/mol. The molecule has 1 amide bonds. The normalized spacial score (nSPS) is 15.5. The van der Waals surface area contributed by atoms with Gasteiger partial charge in [0, 0.05) is 32.7 Å². The molecule has 2 N–H and O–H groups in total. The summed E-state index contributed by atoms with van der Waals surface area (Å²) in [4.78, 5) is 15.1. The fourth-order valence-electron chi connectivity index (χ4n) is 2.57. The molecule has 0 saturated heterocycles. The van der Waals surface area contributed by atoms with E-state index in [0.29, 0.717) is 5.71 Å². The molecular weight excluding hydrogens is 356 g/mol. The minimum Gasteiger partial charge on any atom is -0.361 e. The van der Waals surface area contributed by atoms with E-state index in [-0.39, 0.29) is 5.91 Å². The van der Waals surface area contributed by atoms with Gasteiger partial charge in [0.05, 0.1) is 11.9 Å². The molecule has 6 heteroatoms. The van der Waals surface area contributed by atoms with Crippen molar-refractivity contribution in [3.63, 3.8) is 0 Å². The summed E-state index contributed by atoms with van der Waals surface area (Å²) < 4.78 is 0.995. The SMILES string of the molecule is O=C1Nc2ccccc2/C1=N/N=C/c1c[nH]c2ccc(Br)cc12. The average molecular weight is 367 g/mol. The lowest BCUT2D eigenvalue weighted by molar-refractivity contribution is -0.110. The van der Waals surface area contributed by atoms with Crippen LogP contribution in [0.1, 0.15) is 11.1 Å². The number of benzene rings is 2. The molecule has 23 heavy (non-hydrogen) atoms. The van der Waals surface area contributed by atoms with Crippen LogP contribution in [0.15, 0.2) is 63.3 Å². The molecule has 0 bridgehead atoms. The first-order valence-electron chi connectivity index (χ1n) is 7.01. The number of fused-ring (bicyclic) bond motifs is 2. The Labute approximate surface area is 140 Å². The summed E-state index contributed by atoms with van der Waals surface area (Å²) in [6.07, 6.45) is 3.51. The van der Waals surface area contributed by atoms with Gasteiger partial charge in [-0.15, -0.1) is 5.10 Å². The number of carbonyl (C=O) groups excluding carboxylic acids is 1. The molecule has 5 nitrogen and oxygen atoms in total. The number of halogens is 1. The zero-order valence-electron chi connectivity index (χ0n) is 11.9. The summed E-state index contributed by atoms with van der Waals surface area (Å²) in [6.45, 7) is 0. The number of aromatic nitrogens is 1. The molecule has 112 valence electrons. The highest BCUT2D eigenvalue weighted by molar-refractivity contribution is 9.10. The van der Waals surface area contributed by atoms with E-state index in [9.17, 15) is 4.79 Å². The molecule has 1 aliphatic rings. The van der Waals surface area contributed by atoms with Crippen molar-refractivity contribution in [3.8, 4) is 0 Å². The Hall–Kier alpha value is -2.73. The lowest BCUT2D eigenvalue weighted by Gasteiger charge is -1.94. The van der Waals surface area contributed by atoms with E-state index in [1.54, 1.807) is 6.21 Å². The Morgan fingerprint density at radius 2 is 2.00 bits per heavy atom. The molecule has 0 atom stereocenters. The summed E-state index contributed by atoms with van der Waals surface area (Å²) in [6, 6.07) is 13.4. The number of hydrogen-bond donors (Lipinski definition) is 2. The van der Waals surface area contributed by atoms with Crippen LogP contribution in [0, 0.1) is 0 Å². The summed E-state index contributed by atoms with van der Waals surface area (Å²) in [7, 11) is 0. The number of aromatic amines is 1. The van der Waals surface area contributed by atoms with Crippen LogP contribution in [-0.4, -0.2) is 22.8 Å². The highest BCUT2D eigenvalue weighted by Gasteiger charge is 2.25. The number of hydrogen-bond acceptors (Lipinski definition) is 3. The molecular formula is C17H11BrN4O. The van der Waals surface area contributed by atoms with Crippen molar-refractivity contribution in [2.24, 2.45) is 10.2 Å². The van der Waals surface area contributed by atoms with E-state index >= 15 is 0 Å². The molecule has 2 aromatic carbocycles. The van der Waals surface area contributed by atoms with E-state index in [2.05, 4.69) is 36.4 Å². The lowest BCUT2D eigenvalue weighted by atomic mass is 10.1. The second-order valence-corrected chi connectivity index (χ2v) is 6.04. The highest BCUT2D eigenvalue weighted by Crippen LogP contribution is 2.23. The van der Waals surface area contributed by atoms with Crippen LogP contribution in [0.5, 0.6) is 0 Å². The first-order valence-corrected chi connectivity index (χ1v) is 7.80. The fourth-order valence-corrected chi connectivity index (χ4v) is 2.93. The third kappa shape index (κ3) is 2.47. The highest BCUT2D eigenvalue weighted by atomic mass is 79.9. The first kappa shape index (κ1) is 13.9. The van der Waals surface area contributed by atoms with Crippen LogP contribution >= 0.6 is 15.9 Å². The second kappa shape index (κ2) is 5.48. The zero-order chi connectivity index (χ0) is 15.8. The second-order valence-electron chi connectivity index (χ2n) is 5.13. The van der Waals surface area contributed by atoms with Crippen LogP contribution < -0.4 is 5.32 Å². The van der Waals surface area contributed by atoms with Crippen LogP contribution in [0.4, 0.5) is 5.69 Å². The molecule has 3 aromatic rings. The summed E-state index contributed by atoms with van der Waals surface area (Å²) >= 11 is 3.46. The van der Waals surface area contributed by atoms with Gasteiger partial charge in [-0.2, -0.15) is 5.10 Å². The minimum atomic E-state index is -0.231. The maximum atomic E-state index is 12.0. The van der Waals surface area contributed by atoms with Gasteiger partial charge in [-0.25, -0.2) is 0 Å². The smallest absolute Gasteiger partial charge is 0.276 e. The number of nitrogens with zero attached hydrogens (tertiary/aromatic N) is 2. The van der Waals surface area contributed by atoms with E-state index in [4.69, 9.17) is 0 Å². The minimum absolute atomic E-state index is 0.231. The van der Waals surface area contributed by atoms with Crippen molar-refractivity contribution in [3.05, 3.63) is 64.3 Å². The fraction of sp³-hybridized carbons (Fsp3) is 0. The number of carbonyl (C=O) groups is 1. The molecule has 0 aliphatic carbocycles. The molecule has 0 saturated carbocycles. The van der Waals surface area contributed by atoms with Crippen LogP contribution in [-0.2, 0) is 4.79 Å². The van der Waals surface area contributed by atoms with Crippen LogP contribution in [0.3, 0.4) is 0 Å². The summed E-state index contributed by atoms with van der Waals surface area (Å²) in [5.41, 5.74) is 3.81. The van der Waals surface area contributed by atoms with Gasteiger partial charge in [0.2, 0.25) is 0 Å². The Bertz CT molecular complexity index is 987. The average Bonchev–Trinajstić information content (AvgIpc) is 3.08. The van der Waals surface area contributed by atoms with Gasteiger partial charge in [-0.3, -0.25) is 4.79 Å². The third-order valence-electron chi connectivity index (χ3n) is 3.68. The third-order valence-corrected chi connectivity index (χ3v) is 4.17. The number of rotatable bonds is 2. The Kier molecular flexibility index (Phi) is 3.31. The maximum absolute atomic E-state index is 12.0. The van der Waals surface area contributed by atoms with Gasteiger partial charge in [0.25, 0.3) is 5.91 Å². The van der Waals surface area contributed by atoms with Gasteiger partial charge in [-0.05, 0) is 24.3 Å². The number of para-hydroxylation sites is 1. The van der Waals surface area contributed by atoms with Crippen molar-refractivity contribution in [1.29, 1.82) is 0 Å². The van der Waals surface area contributed by atoms with Gasteiger partial charge in [0.15, 0.2) is 5.71 Å². The molecule has 0 spiro atoms. The molecule has 4 rings (SSSR count). The number of nitrogens with one attached hydrogen (secondary N) is 2. The number of anilines is 1. The predicted octanol–water partition coefficient (Wildman–Crippen LogP) is 3.71. The predicted molar refractivity (Wildman–Crippen MR) is 95.2 cm³/mol. The standard InChI is InChI=1S/C17H11BrN4O/c18-11-5-6-14-13(7-11)10(8-19-14)9-20-22-16-12-3-1-2-4-15(12)21-17(16)23/h1-9,19H,(H,21,22,23)/b20-9+. The van der Waals surface area contributed by atoms with Crippen molar-refractivity contribution in [2.75, 3.05) is 5.32 Å². The number of amides is 1. The van der Waals surface area contributed by atoms with Crippen molar-refractivity contribution in [1.82, 2.24) is 4.98 Å². The van der Waals surface area contributed by atoms with Gasteiger partial charge in [-0.1, -0.05) is 34.1 Å². The molecule has 1 aromatic heterocycles. The Balaban J connectivity index is 1.69. The van der Waals surface area contributed by atoms with Crippen LogP contribution in [0.2, 0.25) is 0 Å². The van der Waals surface area contributed by atoms with Crippen molar-refractivity contribution in [2.45, 2.75) is 0 Å². The van der Waals surface area contributed by atoms with E-state index in [1.807, 2.05) is 48.7 Å².